The predicted molar refractivity (Wildman–Crippen MR) is 117 cm³/mol. The third-order valence-corrected chi connectivity index (χ3v) is 7.18. The molecule has 1 amide bonds. The van der Waals surface area contributed by atoms with Gasteiger partial charge in [0.2, 0.25) is 0 Å². The molecule has 0 aliphatic carbocycles. The van der Waals surface area contributed by atoms with Gasteiger partial charge >= 0.3 is 7.60 Å². The molecule has 2 heterocycles. The van der Waals surface area contributed by atoms with Crippen LogP contribution < -0.4 is 10.6 Å². The van der Waals surface area contributed by atoms with E-state index in [0.717, 1.165) is 29.9 Å². The van der Waals surface area contributed by atoms with Gasteiger partial charge in [0.15, 0.2) is 0 Å². The van der Waals surface area contributed by atoms with Crippen molar-refractivity contribution in [1.29, 1.82) is 0 Å². The largest absolute Gasteiger partial charge is 0.360 e. The molecular weight excluding hydrogens is 389 g/mol. The molecule has 2 N–H and O–H groups in total. The summed E-state index contributed by atoms with van der Waals surface area (Å²) in [5, 5.41) is 3.28. The van der Waals surface area contributed by atoms with Crippen molar-refractivity contribution in [2.75, 3.05) is 40.2 Å². The van der Waals surface area contributed by atoms with Crippen molar-refractivity contribution in [1.82, 2.24) is 9.88 Å². The Balaban J connectivity index is 2.04. The topological polar surface area (TPSA) is 83.7 Å². The molecule has 29 heavy (non-hydrogen) atoms. The van der Waals surface area contributed by atoms with Gasteiger partial charge in [0.05, 0.1) is 10.9 Å². The zero-order valence-electron chi connectivity index (χ0n) is 17.8. The fraction of sp³-hybridized carbons (Fsp3) is 0.381. The van der Waals surface area contributed by atoms with E-state index in [0.29, 0.717) is 22.1 Å². The van der Waals surface area contributed by atoms with E-state index in [2.05, 4.69) is 36.2 Å². The van der Waals surface area contributed by atoms with E-state index in [1.54, 1.807) is 18.2 Å². The van der Waals surface area contributed by atoms with Crippen LogP contribution in [0.25, 0.3) is 11.6 Å². The van der Waals surface area contributed by atoms with Gasteiger partial charge in [-0.15, -0.1) is 0 Å². The van der Waals surface area contributed by atoms with Crippen molar-refractivity contribution >= 4 is 36.1 Å². The number of anilines is 1. The maximum atomic E-state index is 12.7. The van der Waals surface area contributed by atoms with Crippen LogP contribution in [-0.4, -0.2) is 50.7 Å². The van der Waals surface area contributed by atoms with E-state index in [4.69, 9.17) is 9.05 Å². The minimum atomic E-state index is -3.40. The van der Waals surface area contributed by atoms with Crippen LogP contribution in [0, 0.1) is 13.8 Å². The highest BCUT2D eigenvalue weighted by Crippen LogP contribution is 2.46. The Morgan fingerprint density at radius 2 is 1.86 bits per heavy atom. The molecule has 0 unspecified atom stereocenters. The van der Waals surface area contributed by atoms with E-state index in [1.807, 2.05) is 13.0 Å². The van der Waals surface area contributed by atoms with Crippen LogP contribution in [0.5, 0.6) is 0 Å². The second-order valence-electron chi connectivity index (χ2n) is 7.43. The standard InChI is InChI=1S/C21H28N3O4P/c1-13-16(9-10-24(3)4)14(2)22-20(13)12-18-17-11-15(29(26,27-5)28-6)7-8-19(17)23-21(18)25/h7-8,11-12,22H,9-10H2,1-6H3,(H,23,25). The van der Waals surface area contributed by atoms with Crippen molar-refractivity contribution in [3.8, 4) is 0 Å². The fourth-order valence-electron chi connectivity index (χ4n) is 3.59. The molecule has 0 atom stereocenters. The molecule has 1 aromatic carbocycles. The van der Waals surface area contributed by atoms with E-state index < -0.39 is 7.60 Å². The summed E-state index contributed by atoms with van der Waals surface area (Å²) >= 11 is 0. The number of aromatic amines is 1. The number of amides is 1. The quantitative estimate of drug-likeness (QED) is 0.533. The highest BCUT2D eigenvalue weighted by molar-refractivity contribution is 7.62. The van der Waals surface area contributed by atoms with Gasteiger partial charge < -0.3 is 24.2 Å². The number of carbonyl (C=O) groups is 1. The minimum absolute atomic E-state index is 0.191. The SMILES string of the molecule is COP(=O)(OC)c1ccc2c(c1)C(=Cc1[nH]c(C)c(CCN(C)C)c1C)C(=O)N2. The lowest BCUT2D eigenvalue weighted by Gasteiger charge is -2.14. The van der Waals surface area contributed by atoms with Gasteiger partial charge in [0.1, 0.15) is 0 Å². The smallest absolute Gasteiger partial charge is 0.359 e. The number of likely N-dealkylation sites (N-methyl/N-ethyl adjacent to an activating group) is 1. The number of hydrogen-bond donors (Lipinski definition) is 2. The number of hydrogen-bond acceptors (Lipinski definition) is 5. The molecule has 0 saturated carbocycles. The Bertz CT molecular complexity index is 1020. The molecule has 1 aliphatic rings. The minimum Gasteiger partial charge on any atom is -0.359 e. The van der Waals surface area contributed by atoms with Crippen LogP contribution in [0.15, 0.2) is 18.2 Å². The maximum absolute atomic E-state index is 12.7. The average Bonchev–Trinajstić information content (AvgIpc) is 3.14. The van der Waals surface area contributed by atoms with Crippen molar-refractivity contribution < 1.29 is 18.4 Å². The zero-order valence-corrected chi connectivity index (χ0v) is 18.6. The van der Waals surface area contributed by atoms with Crippen molar-refractivity contribution in [3.63, 3.8) is 0 Å². The van der Waals surface area contributed by atoms with Gasteiger partial charge in [-0.25, -0.2) is 0 Å². The number of aromatic nitrogens is 1. The van der Waals surface area contributed by atoms with Gasteiger partial charge in [-0.2, -0.15) is 0 Å². The van der Waals surface area contributed by atoms with Crippen molar-refractivity contribution in [2.24, 2.45) is 0 Å². The normalized spacial score (nSPS) is 15.3. The first-order valence-corrected chi connectivity index (χ1v) is 11.0. The number of carbonyl (C=O) groups excluding carboxylic acids is 1. The first kappa shape index (κ1) is 21.5. The molecule has 0 fully saturated rings. The lowest BCUT2D eigenvalue weighted by molar-refractivity contribution is -0.110. The van der Waals surface area contributed by atoms with Gasteiger partial charge in [-0.3, -0.25) is 9.36 Å². The molecule has 1 aliphatic heterocycles. The monoisotopic (exact) mass is 417 g/mol. The van der Waals surface area contributed by atoms with Crippen LogP contribution in [0.2, 0.25) is 0 Å². The molecule has 0 bridgehead atoms. The molecular formula is C21H28N3O4P. The second kappa shape index (κ2) is 8.28. The Morgan fingerprint density at radius 3 is 2.48 bits per heavy atom. The van der Waals surface area contributed by atoms with Crippen molar-refractivity contribution in [3.05, 3.63) is 46.3 Å². The number of H-pyrrole nitrogens is 1. The number of nitrogens with zero attached hydrogens (tertiary/aromatic N) is 1. The van der Waals surface area contributed by atoms with E-state index >= 15 is 0 Å². The summed E-state index contributed by atoms with van der Waals surface area (Å²) < 4.78 is 22.9. The summed E-state index contributed by atoms with van der Waals surface area (Å²) in [7, 11) is 3.39. The van der Waals surface area contributed by atoms with Crippen LogP contribution in [0.4, 0.5) is 5.69 Å². The first-order valence-electron chi connectivity index (χ1n) is 9.42. The summed E-state index contributed by atoms with van der Waals surface area (Å²) in [6.07, 6.45) is 2.79. The highest BCUT2D eigenvalue weighted by Gasteiger charge is 2.30. The van der Waals surface area contributed by atoms with Crippen LogP contribution >= 0.6 is 7.60 Å². The van der Waals surface area contributed by atoms with Crippen LogP contribution in [0.1, 0.15) is 28.1 Å². The third kappa shape index (κ3) is 4.09. The Labute approximate surface area is 171 Å². The lowest BCUT2D eigenvalue weighted by Crippen LogP contribution is -2.15. The second-order valence-corrected chi connectivity index (χ2v) is 9.67. The maximum Gasteiger partial charge on any atom is 0.360 e. The molecule has 0 saturated heterocycles. The highest BCUT2D eigenvalue weighted by atomic mass is 31.2. The number of nitrogens with one attached hydrogen (secondary N) is 2. The summed E-state index contributed by atoms with van der Waals surface area (Å²) in [6, 6.07) is 5.08. The molecule has 2 aromatic rings. The summed E-state index contributed by atoms with van der Waals surface area (Å²) in [4.78, 5) is 18.2. The third-order valence-electron chi connectivity index (χ3n) is 5.31. The number of fused-ring (bicyclic) bond motifs is 1. The lowest BCUT2D eigenvalue weighted by atomic mass is 10.0. The van der Waals surface area contributed by atoms with Gasteiger partial charge in [-0.1, -0.05) is 0 Å². The Morgan fingerprint density at radius 1 is 1.17 bits per heavy atom. The molecule has 1 aromatic heterocycles. The van der Waals surface area contributed by atoms with E-state index in [9.17, 15) is 9.36 Å². The van der Waals surface area contributed by atoms with Crippen LogP contribution in [-0.2, 0) is 24.8 Å². The molecule has 7 nitrogen and oxygen atoms in total. The van der Waals surface area contributed by atoms with E-state index in [-0.39, 0.29) is 5.91 Å². The van der Waals surface area contributed by atoms with E-state index in [1.165, 1.54) is 19.8 Å². The molecule has 3 rings (SSSR count). The predicted octanol–water partition coefficient (Wildman–Crippen LogP) is 3.34. The number of aryl methyl sites for hydroxylation is 1. The molecule has 0 radical (unpaired) electrons. The fourth-order valence-corrected chi connectivity index (χ4v) is 4.70. The summed E-state index contributed by atoms with van der Waals surface area (Å²) in [5.74, 6) is -0.191. The van der Waals surface area contributed by atoms with Gasteiger partial charge in [0.25, 0.3) is 5.91 Å². The van der Waals surface area contributed by atoms with Gasteiger partial charge in [-0.05, 0) is 69.8 Å². The van der Waals surface area contributed by atoms with Crippen molar-refractivity contribution in [2.45, 2.75) is 20.3 Å². The number of rotatable bonds is 7. The average molecular weight is 417 g/mol. The Hall–Kier alpha value is -2.18. The molecule has 8 heteroatoms. The van der Waals surface area contributed by atoms with Crippen LogP contribution in [0.3, 0.4) is 0 Å². The molecule has 156 valence electrons. The summed E-state index contributed by atoms with van der Waals surface area (Å²) in [6.45, 7) is 5.06. The first-order chi connectivity index (χ1) is 13.7. The van der Waals surface area contributed by atoms with Gasteiger partial charge in [0, 0.05) is 43.4 Å². The summed E-state index contributed by atoms with van der Waals surface area (Å²) in [5.41, 5.74) is 6.29. The Kier molecular flexibility index (Phi) is 6.15. The zero-order chi connectivity index (χ0) is 21.3. The molecule has 0 spiro atoms. The number of benzene rings is 1.